The van der Waals surface area contributed by atoms with E-state index in [-0.39, 0.29) is 0 Å². The van der Waals surface area contributed by atoms with Crippen molar-refractivity contribution in [1.29, 1.82) is 0 Å². The highest BCUT2D eigenvalue weighted by Gasteiger charge is 2.29. The SMILES string of the molecule is Cn1c(CS(=O)c2cccc(Cl)c2)nnc1C1CC1. The van der Waals surface area contributed by atoms with Gasteiger partial charge in [-0.15, -0.1) is 10.2 Å². The summed E-state index contributed by atoms with van der Waals surface area (Å²) in [7, 11) is 0.800. The minimum atomic E-state index is -1.14. The minimum absolute atomic E-state index is 0.372. The Morgan fingerprint density at radius 1 is 1.42 bits per heavy atom. The molecule has 1 aromatic heterocycles. The molecule has 1 aromatic carbocycles. The second-order valence-corrected chi connectivity index (χ2v) is 6.64. The van der Waals surface area contributed by atoms with Gasteiger partial charge in [0, 0.05) is 22.9 Å². The Bertz CT molecular complexity index is 637. The van der Waals surface area contributed by atoms with Crippen LogP contribution in [0.2, 0.25) is 5.02 Å². The molecule has 0 saturated heterocycles. The van der Waals surface area contributed by atoms with Crippen molar-refractivity contribution in [3.63, 3.8) is 0 Å². The van der Waals surface area contributed by atoms with E-state index in [4.69, 9.17) is 11.6 Å². The second kappa shape index (κ2) is 5.06. The predicted molar refractivity (Wildman–Crippen MR) is 74.5 cm³/mol. The Balaban J connectivity index is 1.79. The molecule has 6 heteroatoms. The van der Waals surface area contributed by atoms with Gasteiger partial charge in [-0.2, -0.15) is 0 Å². The number of aromatic nitrogens is 3. The Hall–Kier alpha value is -1.20. The normalized spacial score (nSPS) is 16.5. The smallest absolute Gasteiger partial charge is 0.145 e. The lowest BCUT2D eigenvalue weighted by Gasteiger charge is -2.04. The van der Waals surface area contributed by atoms with Gasteiger partial charge in [0.2, 0.25) is 0 Å². The summed E-state index contributed by atoms with van der Waals surface area (Å²) in [4.78, 5) is 0.725. The molecule has 0 amide bonds. The molecule has 1 heterocycles. The van der Waals surface area contributed by atoms with Crippen molar-refractivity contribution in [2.75, 3.05) is 0 Å². The van der Waals surface area contributed by atoms with Gasteiger partial charge in [0.1, 0.15) is 11.6 Å². The molecule has 0 aliphatic heterocycles. The Morgan fingerprint density at radius 2 is 2.21 bits per heavy atom. The first-order valence-electron chi connectivity index (χ1n) is 6.17. The highest BCUT2D eigenvalue weighted by atomic mass is 35.5. The minimum Gasteiger partial charge on any atom is -0.317 e. The fraction of sp³-hybridized carbons (Fsp3) is 0.385. The molecule has 1 atom stereocenters. The van der Waals surface area contributed by atoms with Crippen LogP contribution in [0.1, 0.15) is 30.4 Å². The largest absolute Gasteiger partial charge is 0.317 e. The molecule has 19 heavy (non-hydrogen) atoms. The monoisotopic (exact) mass is 295 g/mol. The van der Waals surface area contributed by atoms with Gasteiger partial charge in [-0.25, -0.2) is 0 Å². The number of hydrogen-bond donors (Lipinski definition) is 0. The molecular formula is C13H14ClN3OS. The summed E-state index contributed by atoms with van der Waals surface area (Å²) in [6.07, 6.45) is 2.37. The lowest BCUT2D eigenvalue weighted by Crippen LogP contribution is -2.05. The number of rotatable bonds is 4. The van der Waals surface area contributed by atoms with Crippen LogP contribution in [0, 0.1) is 0 Å². The van der Waals surface area contributed by atoms with E-state index < -0.39 is 10.8 Å². The summed E-state index contributed by atoms with van der Waals surface area (Å²) in [5.41, 5.74) is 0. The maximum absolute atomic E-state index is 12.3. The maximum Gasteiger partial charge on any atom is 0.145 e. The van der Waals surface area contributed by atoms with Crippen molar-refractivity contribution in [1.82, 2.24) is 14.8 Å². The first-order valence-corrected chi connectivity index (χ1v) is 7.87. The molecule has 2 aromatic rings. The lowest BCUT2D eigenvalue weighted by atomic mass is 10.4. The standard InChI is InChI=1S/C13H14ClN3OS/c1-17-12(15-16-13(17)9-5-6-9)8-19(18)11-4-2-3-10(14)7-11/h2-4,7,9H,5-6,8H2,1H3. The Morgan fingerprint density at radius 3 is 2.89 bits per heavy atom. The van der Waals surface area contributed by atoms with Crippen LogP contribution < -0.4 is 0 Å². The highest BCUT2D eigenvalue weighted by molar-refractivity contribution is 7.84. The van der Waals surface area contributed by atoms with Gasteiger partial charge in [0.25, 0.3) is 0 Å². The molecule has 100 valence electrons. The van der Waals surface area contributed by atoms with E-state index in [9.17, 15) is 4.21 Å². The quantitative estimate of drug-likeness (QED) is 0.871. The van der Waals surface area contributed by atoms with Crippen molar-refractivity contribution in [2.45, 2.75) is 29.4 Å². The molecule has 1 saturated carbocycles. The second-order valence-electron chi connectivity index (χ2n) is 4.75. The Kier molecular flexibility index (Phi) is 3.41. The summed E-state index contributed by atoms with van der Waals surface area (Å²) in [6.45, 7) is 0. The van der Waals surface area contributed by atoms with Gasteiger partial charge in [0.15, 0.2) is 0 Å². The van der Waals surface area contributed by atoms with E-state index in [1.54, 1.807) is 12.1 Å². The van der Waals surface area contributed by atoms with Gasteiger partial charge in [-0.1, -0.05) is 17.7 Å². The van der Waals surface area contributed by atoms with E-state index in [0.717, 1.165) is 16.5 Å². The predicted octanol–water partition coefficient (Wildman–Crippen LogP) is 2.65. The summed E-state index contributed by atoms with van der Waals surface area (Å²) < 4.78 is 14.3. The van der Waals surface area contributed by atoms with Crippen LogP contribution in [0.3, 0.4) is 0 Å². The van der Waals surface area contributed by atoms with Crippen LogP contribution in [0.5, 0.6) is 0 Å². The van der Waals surface area contributed by atoms with Crippen LogP contribution in [-0.2, 0) is 23.6 Å². The number of hydrogen-bond acceptors (Lipinski definition) is 3. The summed E-state index contributed by atoms with van der Waals surface area (Å²) in [6, 6.07) is 7.13. The van der Waals surface area contributed by atoms with E-state index in [0.29, 0.717) is 16.7 Å². The fourth-order valence-corrected chi connectivity index (χ4v) is 3.40. The van der Waals surface area contributed by atoms with E-state index in [2.05, 4.69) is 10.2 Å². The van der Waals surface area contributed by atoms with Crippen molar-refractivity contribution in [3.05, 3.63) is 40.9 Å². The summed E-state index contributed by atoms with van der Waals surface area (Å²) >= 11 is 5.91. The van der Waals surface area contributed by atoms with E-state index in [1.165, 1.54) is 12.8 Å². The zero-order valence-electron chi connectivity index (χ0n) is 10.5. The van der Waals surface area contributed by atoms with Crippen molar-refractivity contribution in [3.8, 4) is 0 Å². The van der Waals surface area contributed by atoms with Crippen molar-refractivity contribution < 1.29 is 4.21 Å². The van der Waals surface area contributed by atoms with Crippen LogP contribution in [0.15, 0.2) is 29.2 Å². The lowest BCUT2D eigenvalue weighted by molar-refractivity contribution is 0.678. The molecule has 1 aliphatic carbocycles. The average molecular weight is 296 g/mol. The van der Waals surface area contributed by atoms with Crippen molar-refractivity contribution >= 4 is 22.4 Å². The van der Waals surface area contributed by atoms with Gasteiger partial charge in [0.05, 0.1) is 16.6 Å². The zero-order chi connectivity index (χ0) is 13.4. The molecule has 1 unspecified atom stereocenters. The van der Waals surface area contributed by atoms with Crippen LogP contribution in [0.25, 0.3) is 0 Å². The third kappa shape index (κ3) is 2.72. The molecular weight excluding hydrogens is 282 g/mol. The van der Waals surface area contributed by atoms with Crippen LogP contribution in [-0.4, -0.2) is 19.0 Å². The molecule has 0 bridgehead atoms. The summed E-state index contributed by atoms with van der Waals surface area (Å²) in [5, 5.41) is 8.95. The molecule has 1 aliphatic rings. The molecule has 0 N–H and O–H groups in total. The molecule has 4 nitrogen and oxygen atoms in total. The van der Waals surface area contributed by atoms with Gasteiger partial charge in [-0.3, -0.25) is 4.21 Å². The Labute approximate surface area is 119 Å². The van der Waals surface area contributed by atoms with Crippen molar-refractivity contribution in [2.24, 2.45) is 7.05 Å². The number of halogens is 1. The molecule has 0 radical (unpaired) electrons. The number of nitrogens with zero attached hydrogens (tertiary/aromatic N) is 3. The van der Waals surface area contributed by atoms with E-state index in [1.807, 2.05) is 23.7 Å². The summed E-state index contributed by atoms with van der Waals surface area (Å²) in [5.74, 6) is 2.69. The highest BCUT2D eigenvalue weighted by Crippen LogP contribution is 2.38. The zero-order valence-corrected chi connectivity index (χ0v) is 12.1. The van der Waals surface area contributed by atoms with Crippen LogP contribution in [0.4, 0.5) is 0 Å². The van der Waals surface area contributed by atoms with Gasteiger partial charge in [-0.05, 0) is 31.0 Å². The third-order valence-electron chi connectivity index (χ3n) is 3.26. The average Bonchev–Trinajstić information content (AvgIpc) is 3.16. The molecule has 1 fully saturated rings. The first kappa shape index (κ1) is 12.8. The third-order valence-corrected chi connectivity index (χ3v) is 4.80. The molecule has 3 rings (SSSR count). The van der Waals surface area contributed by atoms with Gasteiger partial charge < -0.3 is 4.57 Å². The maximum atomic E-state index is 12.3. The first-order chi connectivity index (χ1) is 9.15. The van der Waals surface area contributed by atoms with Crippen LogP contribution >= 0.6 is 11.6 Å². The fourth-order valence-electron chi connectivity index (χ4n) is 2.01. The topological polar surface area (TPSA) is 47.8 Å². The van der Waals surface area contributed by atoms with Gasteiger partial charge >= 0.3 is 0 Å². The molecule has 0 spiro atoms. The number of benzene rings is 1. The van der Waals surface area contributed by atoms with E-state index >= 15 is 0 Å².